The van der Waals surface area contributed by atoms with Gasteiger partial charge in [-0.05, 0) is 57.5 Å². The van der Waals surface area contributed by atoms with Crippen LogP contribution in [0.2, 0.25) is 0 Å². The summed E-state index contributed by atoms with van der Waals surface area (Å²) in [7, 11) is -3.36. The molecule has 0 bridgehead atoms. The number of benzene rings is 1. The van der Waals surface area contributed by atoms with Crippen molar-refractivity contribution in [2.45, 2.75) is 56.6 Å². The van der Waals surface area contributed by atoms with Crippen molar-refractivity contribution < 1.29 is 22.7 Å². The molecule has 11 nitrogen and oxygen atoms in total. The van der Waals surface area contributed by atoms with Crippen molar-refractivity contribution in [3.63, 3.8) is 0 Å². The van der Waals surface area contributed by atoms with E-state index < -0.39 is 38.9 Å². The second-order valence-electron chi connectivity index (χ2n) is 10.9. The van der Waals surface area contributed by atoms with E-state index in [-0.39, 0.29) is 17.2 Å². The normalized spacial score (nSPS) is 26.5. The fourth-order valence-electron chi connectivity index (χ4n) is 5.02. The van der Waals surface area contributed by atoms with Gasteiger partial charge in [-0.3, -0.25) is 15.2 Å². The third-order valence-corrected chi connectivity index (χ3v) is 8.10. The van der Waals surface area contributed by atoms with Crippen LogP contribution in [0.15, 0.2) is 50.9 Å². The molecule has 1 unspecified atom stereocenters. The fraction of sp³-hybridized carbons (Fsp3) is 0.500. The van der Waals surface area contributed by atoms with E-state index in [9.17, 15) is 23.3 Å². The molecular weight excluding hydrogens is 508 g/mol. The minimum absolute atomic E-state index is 0.148. The molecule has 1 aromatic carbocycles. The number of amides is 2. The number of piperidine rings is 1. The Hall–Kier alpha value is -3.72. The quantitative estimate of drug-likeness (QED) is 0.614. The lowest BCUT2D eigenvalue weighted by atomic mass is 9.75. The Balaban J connectivity index is 1.67. The molecule has 0 spiro atoms. The second-order valence-corrected chi connectivity index (χ2v) is 12.9. The summed E-state index contributed by atoms with van der Waals surface area (Å²) in [5.41, 5.74) is 3.01. The lowest BCUT2D eigenvalue weighted by Gasteiger charge is -2.51. The number of likely N-dealkylation sites (tertiary alicyclic amines) is 1. The maximum atomic E-state index is 12.9. The van der Waals surface area contributed by atoms with E-state index in [0.717, 1.165) is 6.26 Å². The summed E-state index contributed by atoms with van der Waals surface area (Å²) in [4.78, 5) is 36.0. The van der Waals surface area contributed by atoms with Crippen LogP contribution in [0.4, 0.5) is 10.5 Å². The van der Waals surface area contributed by atoms with Gasteiger partial charge in [0.2, 0.25) is 0 Å². The van der Waals surface area contributed by atoms with E-state index in [4.69, 9.17) is 4.74 Å². The summed E-state index contributed by atoms with van der Waals surface area (Å²) in [6.45, 7) is 8.17. The average Bonchev–Trinajstić information content (AvgIpc) is 3.19. The predicted molar refractivity (Wildman–Crippen MR) is 141 cm³/mol. The molecule has 0 saturated carbocycles. The number of dihydropyridines is 1. The molecule has 2 saturated heterocycles. The Bertz CT molecular complexity index is 1370. The summed E-state index contributed by atoms with van der Waals surface area (Å²) in [5.74, 6) is -1.01. The molecule has 0 aliphatic carbocycles. The van der Waals surface area contributed by atoms with Gasteiger partial charge in [0.1, 0.15) is 17.4 Å². The van der Waals surface area contributed by atoms with Crippen LogP contribution in [-0.4, -0.2) is 72.9 Å². The zero-order valence-electron chi connectivity index (χ0n) is 22.1. The van der Waals surface area contributed by atoms with Gasteiger partial charge < -0.3 is 9.64 Å². The number of rotatable bonds is 4. The lowest BCUT2D eigenvalue weighted by molar-refractivity contribution is -0.119. The number of carbonyl (C=O) groups excluding carboxylic acids is 2. The molecule has 3 atom stereocenters. The van der Waals surface area contributed by atoms with E-state index >= 15 is 0 Å². The van der Waals surface area contributed by atoms with Crippen molar-refractivity contribution in [3.8, 4) is 6.07 Å². The molecular formula is C26H32N6O5S. The number of ether oxygens (including phenoxy) is 1. The molecule has 3 aliphatic heterocycles. The van der Waals surface area contributed by atoms with Crippen LogP contribution < -0.4 is 5.43 Å². The number of carbonyl (C=O) groups is 2. The standard InChI is InChI=1S/C26H32N6O5S/c1-17-16-31(24(34)37-25(2,3)4)15-12-26(17,11-13-27)32-20-10-14-28-23(33)21(20)22(30-32)29-18-6-8-19(9-7-18)38(5,35)36/h6-10,14,17,21H,11-12,15-16H2,1-5H3,(H,29,30)/t17-,21?,26+/m1/s1. The molecule has 2 fully saturated rings. The van der Waals surface area contributed by atoms with Gasteiger partial charge in [-0.2, -0.15) is 5.26 Å². The SMILES string of the molecule is C[C@@H]1CN(C(=O)OC(C)(C)C)CC[C@]1(CC#N)N1NC(=Nc2ccc(S(C)(=O)=O)cc2)C2C(=O)N=CC=C21. The van der Waals surface area contributed by atoms with Crippen LogP contribution in [0.3, 0.4) is 0 Å². The molecule has 0 aromatic heterocycles. The first-order valence-electron chi connectivity index (χ1n) is 12.3. The molecule has 202 valence electrons. The zero-order valence-corrected chi connectivity index (χ0v) is 22.9. The topological polar surface area (TPSA) is 145 Å². The van der Waals surface area contributed by atoms with Gasteiger partial charge in [-0.25, -0.2) is 23.2 Å². The van der Waals surface area contributed by atoms with Crippen LogP contribution in [0.1, 0.15) is 40.5 Å². The number of fused-ring (bicyclic) bond motifs is 1. The summed E-state index contributed by atoms with van der Waals surface area (Å²) in [6, 6.07) is 8.37. The van der Waals surface area contributed by atoms with Crippen molar-refractivity contribution in [1.82, 2.24) is 15.3 Å². The van der Waals surface area contributed by atoms with Crippen LogP contribution in [0, 0.1) is 23.2 Å². The Labute approximate surface area is 222 Å². The number of sulfone groups is 1. The van der Waals surface area contributed by atoms with Crippen molar-refractivity contribution in [3.05, 3.63) is 36.0 Å². The second kappa shape index (κ2) is 9.87. The van der Waals surface area contributed by atoms with Crippen LogP contribution in [0.5, 0.6) is 0 Å². The average molecular weight is 541 g/mol. The Morgan fingerprint density at radius 2 is 2.00 bits per heavy atom. The summed E-state index contributed by atoms with van der Waals surface area (Å²) in [6.07, 6.45) is 4.51. The molecule has 2 amide bonds. The molecule has 1 aromatic rings. The molecule has 3 heterocycles. The maximum Gasteiger partial charge on any atom is 0.410 e. The van der Waals surface area contributed by atoms with Gasteiger partial charge in [0.05, 0.1) is 34.3 Å². The van der Waals surface area contributed by atoms with Gasteiger partial charge in [-0.15, -0.1) is 0 Å². The van der Waals surface area contributed by atoms with Crippen LogP contribution >= 0.6 is 0 Å². The zero-order chi connectivity index (χ0) is 27.9. The number of hydrogen-bond donors (Lipinski definition) is 1. The number of hydrogen-bond acceptors (Lipinski definition) is 8. The van der Waals surface area contributed by atoms with Crippen molar-refractivity contribution in [2.24, 2.45) is 21.8 Å². The smallest absolute Gasteiger partial charge is 0.410 e. The van der Waals surface area contributed by atoms with Gasteiger partial charge in [0, 0.05) is 31.5 Å². The highest BCUT2D eigenvalue weighted by Crippen LogP contribution is 2.43. The number of nitrogens with one attached hydrogen (secondary N) is 1. The minimum atomic E-state index is -3.36. The molecule has 4 rings (SSSR count). The molecule has 12 heteroatoms. The van der Waals surface area contributed by atoms with Crippen molar-refractivity contribution in [1.29, 1.82) is 5.26 Å². The van der Waals surface area contributed by atoms with Crippen LogP contribution in [0.25, 0.3) is 0 Å². The third-order valence-electron chi connectivity index (χ3n) is 6.97. The van der Waals surface area contributed by atoms with Crippen LogP contribution in [-0.2, 0) is 19.4 Å². The number of aliphatic imine (C=N–C) groups is 2. The first-order chi connectivity index (χ1) is 17.7. The number of nitrogens with zero attached hydrogens (tertiary/aromatic N) is 5. The summed E-state index contributed by atoms with van der Waals surface area (Å²) < 4.78 is 29.2. The number of allylic oxidation sites excluding steroid dienone is 1. The lowest BCUT2D eigenvalue weighted by Crippen LogP contribution is -2.63. The van der Waals surface area contributed by atoms with E-state index in [0.29, 0.717) is 36.7 Å². The van der Waals surface area contributed by atoms with E-state index in [1.54, 1.807) is 23.1 Å². The highest BCUT2D eigenvalue weighted by Gasteiger charge is 2.53. The minimum Gasteiger partial charge on any atom is -0.444 e. The largest absolute Gasteiger partial charge is 0.444 e. The molecule has 0 radical (unpaired) electrons. The Morgan fingerprint density at radius 1 is 1.32 bits per heavy atom. The monoisotopic (exact) mass is 540 g/mol. The van der Waals surface area contributed by atoms with E-state index in [2.05, 4.69) is 21.5 Å². The highest BCUT2D eigenvalue weighted by atomic mass is 32.2. The van der Waals surface area contributed by atoms with Gasteiger partial charge in [-0.1, -0.05) is 6.92 Å². The molecule has 38 heavy (non-hydrogen) atoms. The molecule has 1 N–H and O–H groups in total. The first kappa shape index (κ1) is 27.3. The van der Waals surface area contributed by atoms with Gasteiger partial charge in [0.25, 0.3) is 5.91 Å². The molecule has 3 aliphatic rings. The van der Waals surface area contributed by atoms with Gasteiger partial charge >= 0.3 is 6.09 Å². The first-order valence-corrected chi connectivity index (χ1v) is 14.2. The third kappa shape index (κ3) is 5.29. The fourth-order valence-corrected chi connectivity index (χ4v) is 5.65. The van der Waals surface area contributed by atoms with Crippen molar-refractivity contribution in [2.75, 3.05) is 19.3 Å². The Morgan fingerprint density at radius 3 is 2.58 bits per heavy atom. The van der Waals surface area contributed by atoms with E-state index in [1.807, 2.05) is 32.7 Å². The van der Waals surface area contributed by atoms with E-state index in [1.165, 1.54) is 18.3 Å². The highest BCUT2D eigenvalue weighted by molar-refractivity contribution is 7.90. The number of hydrazine groups is 1. The maximum absolute atomic E-state index is 12.9. The van der Waals surface area contributed by atoms with Gasteiger partial charge in [0.15, 0.2) is 9.84 Å². The Kier molecular flexibility index (Phi) is 7.09. The number of amidine groups is 1. The summed E-state index contributed by atoms with van der Waals surface area (Å²) >= 11 is 0. The number of nitriles is 1. The van der Waals surface area contributed by atoms with Crippen molar-refractivity contribution >= 4 is 39.6 Å². The predicted octanol–water partition coefficient (Wildman–Crippen LogP) is 2.98. The summed E-state index contributed by atoms with van der Waals surface area (Å²) in [5, 5.41) is 11.7.